The molecule has 10 aromatic carbocycles. The Labute approximate surface area is 647 Å². The van der Waals surface area contributed by atoms with Gasteiger partial charge in [0.25, 0.3) is 0 Å². The third kappa shape index (κ3) is 23.9. The molecule has 0 aliphatic carbocycles. The van der Waals surface area contributed by atoms with Crippen molar-refractivity contribution in [3.8, 4) is 51.7 Å². The van der Waals surface area contributed by atoms with Crippen LogP contribution in [0.4, 0.5) is 0 Å². The minimum Gasteiger partial charge on any atom is -0.489 e. The molecule has 0 radical (unpaired) electrons. The first-order valence-electron chi connectivity index (χ1n) is 39.6. The lowest BCUT2D eigenvalue weighted by molar-refractivity contribution is 0.268. The molecule has 10 aromatic rings. The van der Waals surface area contributed by atoms with Crippen LogP contribution in [0.5, 0.6) is 51.7 Å². The number of hydrogen-bond donors (Lipinski definition) is 0. The smallest absolute Gasteiger partial charge is 0.127 e. The topological polar surface area (TPSA) is 83.1 Å². The highest BCUT2D eigenvalue weighted by Crippen LogP contribution is 2.37. The Hall–Kier alpha value is -9.60. The maximum absolute atomic E-state index is 6.90. The SMILES string of the molecule is CC(C)C(C)c1ccc(COc2cc(COc3cc(COc4cc(OCc5ccc(C(C)C(C)C)cc5)cc(OCc5ccc(C(C)C(C)C)cc5)c4)cc(OCc4cc(OCc5ccc(C(C)C(C)C)cc5)cc(OCc5ccc(C(C)C(C)C)cc5)c4)c3)cc(OCc3ccc(C(C)C(C)C)cc3)c2)cc1. The van der Waals surface area contributed by atoms with Crippen LogP contribution in [0.25, 0.3) is 0 Å². The monoisotopic (exact) mass is 1450 g/mol. The van der Waals surface area contributed by atoms with Gasteiger partial charge in [0.15, 0.2) is 0 Å². The summed E-state index contributed by atoms with van der Waals surface area (Å²) in [4.78, 5) is 0. The molecule has 0 spiro atoms. The predicted octanol–water partition coefficient (Wildman–Crippen LogP) is 26.5. The van der Waals surface area contributed by atoms with Crippen molar-refractivity contribution in [3.63, 3.8) is 0 Å². The Bertz CT molecular complexity index is 3680. The van der Waals surface area contributed by atoms with Gasteiger partial charge < -0.3 is 42.6 Å². The van der Waals surface area contributed by atoms with Gasteiger partial charge in [0.1, 0.15) is 111 Å². The molecule has 9 nitrogen and oxygen atoms in total. The van der Waals surface area contributed by atoms with Crippen LogP contribution < -0.4 is 42.6 Å². The number of rotatable bonds is 39. The van der Waals surface area contributed by atoms with Crippen molar-refractivity contribution >= 4 is 0 Å². The Kier molecular flexibility index (Phi) is 29.2. The summed E-state index contributed by atoms with van der Waals surface area (Å²) < 4.78 is 60.3. The molecular weight excluding hydrogens is 1330 g/mol. The van der Waals surface area contributed by atoms with Crippen LogP contribution in [0.15, 0.2) is 218 Å². The van der Waals surface area contributed by atoms with Gasteiger partial charge in [0, 0.05) is 36.4 Å². The van der Waals surface area contributed by atoms with Crippen molar-refractivity contribution < 1.29 is 42.6 Å². The summed E-state index contributed by atoms with van der Waals surface area (Å²) in [6.07, 6.45) is 0. The molecule has 6 atom stereocenters. The van der Waals surface area contributed by atoms with E-state index in [4.69, 9.17) is 42.6 Å². The molecule has 10 rings (SSSR count). The highest BCUT2D eigenvalue weighted by molar-refractivity contribution is 5.46. The predicted molar refractivity (Wildman–Crippen MR) is 443 cm³/mol. The molecule has 0 aromatic heterocycles. The molecule has 0 aliphatic rings. The third-order valence-corrected chi connectivity index (χ3v) is 22.4. The summed E-state index contributed by atoms with van der Waals surface area (Å²) in [5, 5.41) is 0. The second-order valence-corrected chi connectivity index (χ2v) is 32.3. The molecular formula is C99H120O9. The maximum Gasteiger partial charge on any atom is 0.127 e. The molecule has 0 N–H and O–H groups in total. The van der Waals surface area contributed by atoms with Crippen molar-refractivity contribution in [2.75, 3.05) is 0 Å². The van der Waals surface area contributed by atoms with Crippen LogP contribution in [0.2, 0.25) is 0 Å². The molecule has 0 aliphatic heterocycles. The first-order valence-corrected chi connectivity index (χ1v) is 39.6. The molecule has 0 bridgehead atoms. The van der Waals surface area contributed by atoms with E-state index in [-0.39, 0.29) is 19.8 Å². The lowest BCUT2D eigenvalue weighted by Crippen LogP contribution is -2.05. The fraction of sp³-hybridized carbons (Fsp3) is 0.394. The molecule has 108 heavy (non-hydrogen) atoms. The highest BCUT2D eigenvalue weighted by atomic mass is 16.5. The normalized spacial score (nSPS) is 13.3. The Morgan fingerprint density at radius 2 is 0.259 bits per heavy atom. The van der Waals surface area contributed by atoms with Gasteiger partial charge in [0.05, 0.1) is 0 Å². The third-order valence-electron chi connectivity index (χ3n) is 22.4. The summed E-state index contributed by atoms with van der Waals surface area (Å²) in [7, 11) is 0. The van der Waals surface area contributed by atoms with Gasteiger partial charge in [-0.3, -0.25) is 0 Å². The van der Waals surface area contributed by atoms with Crippen LogP contribution in [0.3, 0.4) is 0 Å². The van der Waals surface area contributed by atoms with Crippen LogP contribution in [0.1, 0.15) is 244 Å². The van der Waals surface area contributed by atoms with Crippen molar-refractivity contribution in [2.45, 2.75) is 220 Å². The molecule has 6 unspecified atom stereocenters. The van der Waals surface area contributed by atoms with E-state index in [0.29, 0.717) is 162 Å². The molecule has 0 amide bonds. The standard InChI is InChI=1S/C99H120O9/c1-64(2)70(13)85-31-19-76(20-32-85)55-100-91-43-82(44-92(49-91)101-56-77-21-33-86(34-22-77)71(14)65(3)4)61-106-95-47-84(63-108-99-53-97(104-59-80-27-39-89(40-28-80)74(17)68(9)10)52-98(54-99)105-60-81-29-41-90(42-30-81)75(18)69(11)12)48-96(51-95)107-62-83-45-93(102-57-78-23-35-87(36-24-78)72(15)66(5)6)50-94(46-83)103-58-79-25-37-88(38-26-79)73(16)67(7)8/h19-54,64-75H,55-63H2,1-18H3. The zero-order valence-electron chi connectivity index (χ0n) is 67.8. The van der Waals surface area contributed by atoms with E-state index in [9.17, 15) is 0 Å². The summed E-state index contributed by atoms with van der Waals surface area (Å²) in [5.74, 6) is 11.6. The lowest BCUT2D eigenvalue weighted by Gasteiger charge is -2.18. The molecule has 0 saturated heterocycles. The fourth-order valence-electron chi connectivity index (χ4n) is 12.8. The van der Waals surface area contributed by atoms with E-state index in [2.05, 4.69) is 270 Å². The number of hydrogen-bond acceptors (Lipinski definition) is 9. The van der Waals surface area contributed by atoms with E-state index in [1.165, 1.54) is 33.4 Å². The second-order valence-electron chi connectivity index (χ2n) is 32.3. The largest absolute Gasteiger partial charge is 0.489 e. The summed E-state index contributed by atoms with van der Waals surface area (Å²) in [5.41, 5.74) is 16.9. The average molecular weight is 1450 g/mol. The van der Waals surface area contributed by atoms with E-state index in [1.54, 1.807) is 0 Å². The molecule has 570 valence electrons. The summed E-state index contributed by atoms with van der Waals surface area (Å²) >= 11 is 0. The molecule has 9 heteroatoms. The van der Waals surface area contributed by atoms with Gasteiger partial charge in [-0.15, -0.1) is 0 Å². The number of benzene rings is 10. The Morgan fingerprint density at radius 3 is 0.380 bits per heavy atom. The quantitative estimate of drug-likeness (QED) is 0.0374. The summed E-state index contributed by atoms with van der Waals surface area (Å²) in [6.45, 7) is 43.7. The highest BCUT2D eigenvalue weighted by Gasteiger charge is 2.19. The zero-order valence-corrected chi connectivity index (χ0v) is 67.8. The zero-order chi connectivity index (χ0) is 77.0. The molecule has 0 fully saturated rings. The fourth-order valence-corrected chi connectivity index (χ4v) is 12.8. The molecule has 0 saturated carbocycles. The van der Waals surface area contributed by atoms with E-state index >= 15 is 0 Å². The van der Waals surface area contributed by atoms with Crippen molar-refractivity contribution in [1.29, 1.82) is 0 Å². The van der Waals surface area contributed by atoms with Crippen LogP contribution >= 0.6 is 0 Å². The minimum absolute atomic E-state index is 0.160. The molecule has 0 heterocycles. The van der Waals surface area contributed by atoms with Crippen LogP contribution in [0, 0.1) is 35.5 Å². The number of ether oxygens (including phenoxy) is 9. The van der Waals surface area contributed by atoms with E-state index in [1.807, 2.05) is 72.8 Å². The van der Waals surface area contributed by atoms with Crippen LogP contribution in [-0.4, -0.2) is 0 Å². The average Bonchev–Trinajstić information content (AvgIpc) is 1.30. The Balaban J connectivity index is 0.956. The van der Waals surface area contributed by atoms with Gasteiger partial charge in [-0.2, -0.15) is 0 Å². The van der Waals surface area contributed by atoms with Crippen molar-refractivity contribution in [3.05, 3.63) is 302 Å². The minimum atomic E-state index is 0.160. The van der Waals surface area contributed by atoms with Gasteiger partial charge in [-0.25, -0.2) is 0 Å². The van der Waals surface area contributed by atoms with Crippen molar-refractivity contribution in [1.82, 2.24) is 0 Å². The van der Waals surface area contributed by atoms with E-state index < -0.39 is 0 Å². The second kappa shape index (κ2) is 39.0. The van der Waals surface area contributed by atoms with Gasteiger partial charge in [0.2, 0.25) is 0 Å². The van der Waals surface area contributed by atoms with Gasteiger partial charge in [-0.05, 0) is 191 Å². The lowest BCUT2D eigenvalue weighted by atomic mass is 9.90. The first kappa shape index (κ1) is 80.9. The maximum atomic E-state index is 6.90. The summed E-state index contributed by atoms with van der Waals surface area (Å²) in [6, 6.07) is 76.4. The van der Waals surface area contributed by atoms with Gasteiger partial charge >= 0.3 is 0 Å². The van der Waals surface area contributed by atoms with Crippen molar-refractivity contribution in [2.24, 2.45) is 35.5 Å². The van der Waals surface area contributed by atoms with Gasteiger partial charge in [-0.1, -0.05) is 270 Å². The van der Waals surface area contributed by atoms with Crippen LogP contribution in [-0.2, 0) is 59.5 Å². The van der Waals surface area contributed by atoms with E-state index in [0.717, 1.165) is 50.1 Å². The Morgan fingerprint density at radius 1 is 0.148 bits per heavy atom. The first-order chi connectivity index (χ1) is 51.8.